The Morgan fingerprint density at radius 3 is 2.83 bits per heavy atom. The fourth-order valence-electron chi connectivity index (χ4n) is 1.34. The summed E-state index contributed by atoms with van der Waals surface area (Å²) in [5.74, 6) is 1.46. The van der Waals surface area contributed by atoms with Gasteiger partial charge in [0.2, 0.25) is 0 Å². The molecule has 3 nitrogen and oxygen atoms in total. The van der Waals surface area contributed by atoms with E-state index in [0.29, 0.717) is 12.0 Å². The zero-order chi connectivity index (χ0) is 8.97. The Hall–Kier alpha value is -0.730. The molecule has 0 aromatic rings. The molecule has 0 aromatic carbocycles. The van der Waals surface area contributed by atoms with Crippen LogP contribution in [0.5, 0.6) is 0 Å². The van der Waals surface area contributed by atoms with Gasteiger partial charge in [0.15, 0.2) is 5.96 Å². The van der Waals surface area contributed by atoms with Gasteiger partial charge in [-0.1, -0.05) is 20.3 Å². The first-order valence-corrected chi connectivity index (χ1v) is 4.84. The van der Waals surface area contributed by atoms with Crippen LogP contribution < -0.4 is 11.1 Å². The molecule has 2 atom stereocenters. The van der Waals surface area contributed by atoms with Crippen LogP contribution in [0.15, 0.2) is 4.99 Å². The van der Waals surface area contributed by atoms with Gasteiger partial charge in [0, 0.05) is 12.6 Å². The van der Waals surface area contributed by atoms with E-state index in [9.17, 15) is 0 Å². The predicted octanol–water partition coefficient (Wildman–Crippen LogP) is 1.10. The number of rotatable bonds is 4. The third kappa shape index (κ3) is 2.72. The van der Waals surface area contributed by atoms with Crippen molar-refractivity contribution in [2.45, 2.75) is 39.2 Å². The zero-order valence-electron chi connectivity index (χ0n) is 8.01. The second kappa shape index (κ2) is 4.33. The summed E-state index contributed by atoms with van der Waals surface area (Å²) < 4.78 is 0. The molecule has 0 radical (unpaired) electrons. The number of nitrogens with one attached hydrogen (secondary N) is 1. The predicted molar refractivity (Wildman–Crippen MR) is 52.1 cm³/mol. The second-order valence-electron chi connectivity index (χ2n) is 3.42. The molecule has 1 saturated carbocycles. The van der Waals surface area contributed by atoms with Crippen LogP contribution in [0.1, 0.15) is 33.1 Å². The van der Waals surface area contributed by atoms with E-state index in [0.717, 1.165) is 18.9 Å². The number of nitrogens with two attached hydrogens (primary N) is 1. The van der Waals surface area contributed by atoms with Crippen molar-refractivity contribution >= 4 is 5.96 Å². The van der Waals surface area contributed by atoms with E-state index < -0.39 is 0 Å². The van der Waals surface area contributed by atoms with E-state index in [-0.39, 0.29) is 0 Å². The van der Waals surface area contributed by atoms with Crippen LogP contribution in [0.3, 0.4) is 0 Å². The van der Waals surface area contributed by atoms with Gasteiger partial charge >= 0.3 is 0 Å². The summed E-state index contributed by atoms with van der Waals surface area (Å²) >= 11 is 0. The molecule has 0 spiro atoms. The first-order chi connectivity index (χ1) is 5.77. The highest BCUT2D eigenvalue weighted by molar-refractivity contribution is 5.78. The van der Waals surface area contributed by atoms with Crippen LogP contribution in [-0.4, -0.2) is 18.5 Å². The van der Waals surface area contributed by atoms with Crippen molar-refractivity contribution in [2.75, 3.05) is 6.54 Å². The highest BCUT2D eigenvalue weighted by Gasteiger charge is 2.35. The van der Waals surface area contributed by atoms with Gasteiger partial charge in [0.1, 0.15) is 0 Å². The number of nitrogens with zero attached hydrogens (tertiary/aromatic N) is 1. The van der Waals surface area contributed by atoms with Crippen molar-refractivity contribution in [1.82, 2.24) is 5.32 Å². The summed E-state index contributed by atoms with van der Waals surface area (Å²) in [5, 5.41) is 3.22. The number of guanidine groups is 1. The summed E-state index contributed by atoms with van der Waals surface area (Å²) in [4.78, 5) is 4.17. The Bertz CT molecular complexity index is 165. The van der Waals surface area contributed by atoms with Crippen LogP contribution in [0.4, 0.5) is 0 Å². The molecule has 1 rings (SSSR count). The first-order valence-electron chi connectivity index (χ1n) is 4.84. The molecule has 0 amide bonds. The molecule has 2 unspecified atom stereocenters. The van der Waals surface area contributed by atoms with Crippen LogP contribution in [0.2, 0.25) is 0 Å². The maximum atomic E-state index is 5.66. The van der Waals surface area contributed by atoms with Gasteiger partial charge in [0.25, 0.3) is 0 Å². The molecular formula is C9H19N3. The summed E-state index contributed by atoms with van der Waals surface area (Å²) in [5.41, 5.74) is 5.66. The van der Waals surface area contributed by atoms with Crippen LogP contribution in [0, 0.1) is 5.92 Å². The van der Waals surface area contributed by atoms with Gasteiger partial charge in [-0.2, -0.15) is 0 Å². The maximum absolute atomic E-state index is 5.66. The summed E-state index contributed by atoms with van der Waals surface area (Å²) in [7, 11) is 0. The Kier molecular flexibility index (Phi) is 3.38. The van der Waals surface area contributed by atoms with Crippen LogP contribution in [-0.2, 0) is 0 Å². The Morgan fingerprint density at radius 2 is 2.33 bits per heavy atom. The molecule has 1 aliphatic rings. The molecule has 0 aromatic heterocycles. The van der Waals surface area contributed by atoms with E-state index in [1.807, 2.05) is 0 Å². The van der Waals surface area contributed by atoms with Crippen molar-refractivity contribution in [3.8, 4) is 0 Å². The summed E-state index contributed by atoms with van der Waals surface area (Å²) in [6, 6.07) is 0.607. The summed E-state index contributed by atoms with van der Waals surface area (Å²) in [6.45, 7) is 5.15. The molecule has 3 N–H and O–H groups in total. The van der Waals surface area contributed by atoms with E-state index in [2.05, 4.69) is 24.2 Å². The van der Waals surface area contributed by atoms with Crippen molar-refractivity contribution in [1.29, 1.82) is 0 Å². The minimum Gasteiger partial charge on any atom is -0.370 e. The lowest BCUT2D eigenvalue weighted by molar-refractivity contribution is 0.718. The summed E-state index contributed by atoms with van der Waals surface area (Å²) in [6.07, 6.45) is 3.57. The topological polar surface area (TPSA) is 50.4 Å². The van der Waals surface area contributed by atoms with Crippen molar-refractivity contribution < 1.29 is 0 Å². The van der Waals surface area contributed by atoms with Gasteiger partial charge < -0.3 is 11.1 Å². The second-order valence-corrected chi connectivity index (χ2v) is 3.42. The first kappa shape index (κ1) is 9.36. The smallest absolute Gasteiger partial charge is 0.188 e. The number of hydrogen-bond donors (Lipinski definition) is 2. The largest absolute Gasteiger partial charge is 0.370 e. The number of aliphatic imine (C=N–C) groups is 1. The molecule has 0 saturated heterocycles. The van der Waals surface area contributed by atoms with Gasteiger partial charge in [-0.15, -0.1) is 0 Å². The highest BCUT2D eigenvalue weighted by atomic mass is 15.1. The highest BCUT2D eigenvalue weighted by Crippen LogP contribution is 2.32. The average Bonchev–Trinajstić information content (AvgIpc) is 2.80. The van der Waals surface area contributed by atoms with E-state index >= 15 is 0 Å². The molecule has 0 aliphatic heterocycles. The van der Waals surface area contributed by atoms with E-state index in [1.54, 1.807) is 0 Å². The minimum atomic E-state index is 0.607. The fraction of sp³-hybridized carbons (Fsp3) is 0.889. The molecule has 70 valence electrons. The Labute approximate surface area is 74.4 Å². The third-order valence-corrected chi connectivity index (χ3v) is 2.29. The van der Waals surface area contributed by atoms with Crippen LogP contribution in [0.25, 0.3) is 0 Å². The average molecular weight is 169 g/mol. The van der Waals surface area contributed by atoms with Gasteiger partial charge in [0.05, 0.1) is 0 Å². The van der Waals surface area contributed by atoms with E-state index in [1.165, 1.54) is 12.8 Å². The lowest BCUT2D eigenvalue weighted by Crippen LogP contribution is -2.34. The normalized spacial score (nSPS) is 28.7. The van der Waals surface area contributed by atoms with E-state index in [4.69, 9.17) is 5.73 Å². The SMILES string of the molecule is CCCN=C(N)NC1CC1CC. The van der Waals surface area contributed by atoms with Crippen LogP contribution >= 0.6 is 0 Å². The lowest BCUT2D eigenvalue weighted by atomic mass is 10.3. The van der Waals surface area contributed by atoms with Gasteiger partial charge in [-0.3, -0.25) is 4.99 Å². The molecule has 0 heterocycles. The van der Waals surface area contributed by atoms with Gasteiger partial charge in [-0.25, -0.2) is 0 Å². The molecule has 0 bridgehead atoms. The molecule has 1 aliphatic carbocycles. The molecular weight excluding hydrogens is 150 g/mol. The lowest BCUT2D eigenvalue weighted by Gasteiger charge is -2.03. The molecule has 1 fully saturated rings. The monoisotopic (exact) mass is 169 g/mol. The van der Waals surface area contributed by atoms with Crippen molar-refractivity contribution in [3.63, 3.8) is 0 Å². The number of hydrogen-bond acceptors (Lipinski definition) is 1. The Balaban J connectivity index is 2.15. The Morgan fingerprint density at radius 1 is 1.58 bits per heavy atom. The van der Waals surface area contributed by atoms with Crippen molar-refractivity contribution in [3.05, 3.63) is 0 Å². The van der Waals surface area contributed by atoms with Crippen molar-refractivity contribution in [2.24, 2.45) is 16.6 Å². The maximum Gasteiger partial charge on any atom is 0.188 e. The quantitative estimate of drug-likeness (QED) is 0.489. The fourth-order valence-corrected chi connectivity index (χ4v) is 1.34. The molecule has 3 heteroatoms. The standard InChI is InChI=1S/C9H19N3/c1-3-5-11-9(10)12-8-6-7(8)4-2/h7-8H,3-6H2,1-2H3,(H3,10,11,12). The zero-order valence-corrected chi connectivity index (χ0v) is 8.01. The molecule has 12 heavy (non-hydrogen) atoms. The van der Waals surface area contributed by atoms with Gasteiger partial charge in [-0.05, 0) is 18.8 Å². The third-order valence-electron chi connectivity index (χ3n) is 2.29. The minimum absolute atomic E-state index is 0.607.